The Morgan fingerprint density at radius 1 is 0.846 bits per heavy atom. The van der Waals surface area contributed by atoms with Crippen LogP contribution in [0.1, 0.15) is 38.2 Å². The second-order valence-corrected chi connectivity index (χ2v) is 11.9. The van der Waals surface area contributed by atoms with Crippen molar-refractivity contribution >= 4 is 79.7 Å². The van der Waals surface area contributed by atoms with E-state index in [4.69, 9.17) is 79.5 Å². The Bertz CT molecular complexity index is 728. The third kappa shape index (κ3) is 6.58. The van der Waals surface area contributed by atoms with Gasteiger partial charge >= 0.3 is 0 Å². The van der Waals surface area contributed by atoms with Crippen LogP contribution in [0.15, 0.2) is 0 Å². The quantitative estimate of drug-likeness (QED) is 0.460. The van der Waals surface area contributed by atoms with Crippen molar-refractivity contribution in [1.82, 2.24) is 21.1 Å². The van der Waals surface area contributed by atoms with Gasteiger partial charge in [0.25, 0.3) is 10.1 Å². The van der Waals surface area contributed by atoms with E-state index in [2.05, 4.69) is 15.0 Å². The minimum absolute atomic E-state index is 0. The molecule has 8 nitrogen and oxygen atoms in total. The number of halogens is 6. The van der Waals surface area contributed by atoms with E-state index in [9.17, 15) is 8.42 Å². The Kier molecular flexibility index (Phi) is 8.32. The molecule has 0 aliphatic heterocycles. The van der Waals surface area contributed by atoms with Crippen molar-refractivity contribution in [1.29, 1.82) is 0 Å². The molecule has 5 N–H and O–H groups in total. The molecule has 1 aromatic heterocycles. The average molecular weight is 512 g/mol. The van der Waals surface area contributed by atoms with Gasteiger partial charge in [0, 0.05) is 0 Å². The molecular weight excluding hydrogens is 495 g/mol. The number of nitrogens with zero attached hydrogens (tertiary/aromatic N) is 3. The summed E-state index contributed by atoms with van der Waals surface area (Å²) in [5, 5.41) is 0. The van der Waals surface area contributed by atoms with Crippen LogP contribution in [0.4, 0.5) is 0 Å². The standard InChI is InChI=1S/C11H14Cl6N4O3S.H3N/c1-8(2,24-25(4,22)23)9(3,18)5-19-6(10(12,13)14)21-7(20-5)11(15,16)17;/h18H2,1-4H3;1H3. The molecule has 15 heteroatoms. The van der Waals surface area contributed by atoms with E-state index in [1.54, 1.807) is 0 Å². The van der Waals surface area contributed by atoms with Gasteiger partial charge in [0.2, 0.25) is 7.59 Å². The van der Waals surface area contributed by atoms with Crippen LogP contribution in [0.2, 0.25) is 0 Å². The molecule has 26 heavy (non-hydrogen) atoms. The first-order valence-electron chi connectivity index (χ1n) is 6.38. The molecule has 1 unspecified atom stereocenters. The number of rotatable bonds is 4. The lowest BCUT2D eigenvalue weighted by molar-refractivity contribution is 0.0322. The van der Waals surface area contributed by atoms with E-state index in [1.807, 2.05) is 0 Å². The molecule has 1 rings (SSSR count). The van der Waals surface area contributed by atoms with Gasteiger partial charge in [-0.05, 0) is 20.8 Å². The average Bonchev–Trinajstić information content (AvgIpc) is 2.32. The second-order valence-electron chi connectivity index (χ2n) is 5.80. The van der Waals surface area contributed by atoms with Crippen LogP contribution in [0.5, 0.6) is 0 Å². The summed E-state index contributed by atoms with van der Waals surface area (Å²) in [6.45, 7) is 4.25. The second kappa shape index (κ2) is 8.14. The minimum atomic E-state index is -3.86. The fourth-order valence-electron chi connectivity index (χ4n) is 1.60. The van der Waals surface area contributed by atoms with Crippen LogP contribution >= 0.6 is 69.6 Å². The molecule has 0 radical (unpaired) electrons. The van der Waals surface area contributed by atoms with Gasteiger partial charge in [0.05, 0.1) is 6.26 Å². The van der Waals surface area contributed by atoms with Crippen LogP contribution in [0, 0.1) is 0 Å². The van der Waals surface area contributed by atoms with Crippen molar-refractivity contribution in [3.05, 3.63) is 17.5 Å². The molecular formula is C11H17Cl6N5O3S. The summed E-state index contributed by atoms with van der Waals surface area (Å²) >= 11 is 34.8. The highest BCUT2D eigenvalue weighted by molar-refractivity contribution is 7.86. The molecule has 0 aliphatic rings. The molecule has 0 aromatic carbocycles. The maximum atomic E-state index is 11.5. The molecule has 1 aromatic rings. The van der Waals surface area contributed by atoms with Crippen molar-refractivity contribution in [2.24, 2.45) is 5.73 Å². The van der Waals surface area contributed by atoms with E-state index in [-0.39, 0.29) is 23.6 Å². The number of aromatic nitrogens is 3. The molecule has 0 spiro atoms. The Labute approximate surface area is 181 Å². The lowest BCUT2D eigenvalue weighted by atomic mass is 9.84. The van der Waals surface area contributed by atoms with E-state index >= 15 is 0 Å². The summed E-state index contributed by atoms with van der Waals surface area (Å²) in [5.41, 5.74) is 3.14. The van der Waals surface area contributed by atoms with Crippen molar-refractivity contribution in [2.75, 3.05) is 6.26 Å². The van der Waals surface area contributed by atoms with Gasteiger partial charge in [-0.2, -0.15) is 8.42 Å². The van der Waals surface area contributed by atoms with Gasteiger partial charge in [-0.25, -0.2) is 15.0 Å². The molecule has 1 heterocycles. The molecule has 0 amide bonds. The van der Waals surface area contributed by atoms with Crippen LogP contribution in [-0.4, -0.2) is 35.2 Å². The van der Waals surface area contributed by atoms with Gasteiger partial charge in [0.1, 0.15) is 11.1 Å². The zero-order chi connectivity index (χ0) is 20.1. The Hall–Kier alpha value is 0.580. The van der Waals surface area contributed by atoms with Crippen LogP contribution in [0.25, 0.3) is 0 Å². The lowest BCUT2D eigenvalue weighted by Crippen LogP contribution is -2.56. The lowest BCUT2D eigenvalue weighted by Gasteiger charge is -2.38. The Balaban J connectivity index is 0.00000625. The fraction of sp³-hybridized carbons (Fsp3) is 0.727. The highest BCUT2D eigenvalue weighted by Gasteiger charge is 2.47. The number of hydrogen-bond acceptors (Lipinski definition) is 8. The SMILES string of the molecule is CC(C)(OS(C)(=O)=O)C(C)(N)c1nc(C(Cl)(Cl)Cl)nc(C(Cl)(Cl)Cl)n1.N. The normalized spacial score (nSPS) is 16.0. The maximum absolute atomic E-state index is 11.5. The molecule has 0 saturated carbocycles. The topological polar surface area (TPSA) is 143 Å². The van der Waals surface area contributed by atoms with Gasteiger partial charge in [-0.15, -0.1) is 0 Å². The van der Waals surface area contributed by atoms with Crippen molar-refractivity contribution < 1.29 is 12.6 Å². The predicted molar refractivity (Wildman–Crippen MR) is 105 cm³/mol. The summed E-state index contributed by atoms with van der Waals surface area (Å²) in [4.78, 5) is 11.8. The van der Waals surface area contributed by atoms with Crippen molar-refractivity contribution in [2.45, 2.75) is 39.5 Å². The molecule has 0 bridgehead atoms. The van der Waals surface area contributed by atoms with E-state index in [0.29, 0.717) is 0 Å². The van der Waals surface area contributed by atoms with Crippen molar-refractivity contribution in [3.8, 4) is 0 Å². The van der Waals surface area contributed by atoms with Crippen LogP contribution in [-0.2, 0) is 27.4 Å². The Morgan fingerprint density at radius 2 is 1.15 bits per heavy atom. The maximum Gasteiger partial charge on any atom is 0.264 e. The summed E-state index contributed by atoms with van der Waals surface area (Å²) in [6.07, 6.45) is 0.873. The monoisotopic (exact) mass is 509 g/mol. The third-order valence-corrected chi connectivity index (χ3v) is 4.95. The van der Waals surface area contributed by atoms with E-state index in [1.165, 1.54) is 20.8 Å². The minimum Gasteiger partial charge on any atom is -0.344 e. The summed E-state index contributed by atoms with van der Waals surface area (Å²) < 4.78 is 23.9. The van der Waals surface area contributed by atoms with E-state index < -0.39 is 28.8 Å². The number of hydrogen-bond donors (Lipinski definition) is 2. The van der Waals surface area contributed by atoms with Crippen molar-refractivity contribution in [3.63, 3.8) is 0 Å². The zero-order valence-corrected chi connectivity index (χ0v) is 19.4. The van der Waals surface area contributed by atoms with Gasteiger partial charge in [0.15, 0.2) is 17.5 Å². The first kappa shape index (κ1) is 26.6. The molecule has 152 valence electrons. The summed E-state index contributed by atoms with van der Waals surface area (Å²) in [7, 11) is -3.86. The number of nitrogens with two attached hydrogens (primary N) is 1. The Morgan fingerprint density at radius 3 is 1.42 bits per heavy atom. The molecule has 1 atom stereocenters. The van der Waals surface area contributed by atoms with Crippen LogP contribution in [0.3, 0.4) is 0 Å². The first-order valence-corrected chi connectivity index (χ1v) is 10.5. The highest BCUT2D eigenvalue weighted by atomic mass is 35.6. The fourth-order valence-corrected chi connectivity index (χ4v) is 3.03. The van der Waals surface area contributed by atoms with Gasteiger partial charge in [-0.3, -0.25) is 4.18 Å². The molecule has 0 fully saturated rings. The van der Waals surface area contributed by atoms with Crippen LogP contribution < -0.4 is 11.9 Å². The summed E-state index contributed by atoms with van der Waals surface area (Å²) in [5.74, 6) is -0.898. The first-order chi connectivity index (χ1) is 10.8. The largest absolute Gasteiger partial charge is 0.344 e. The third-order valence-electron chi connectivity index (χ3n) is 3.22. The van der Waals surface area contributed by atoms with Gasteiger partial charge in [-0.1, -0.05) is 69.6 Å². The molecule has 0 aliphatic carbocycles. The van der Waals surface area contributed by atoms with Gasteiger partial charge < -0.3 is 11.9 Å². The zero-order valence-electron chi connectivity index (χ0n) is 14.0. The number of alkyl halides is 6. The predicted octanol–water partition coefficient (Wildman–Crippen LogP) is 3.62. The molecule has 0 saturated heterocycles. The van der Waals surface area contributed by atoms with E-state index in [0.717, 1.165) is 6.26 Å². The smallest absolute Gasteiger partial charge is 0.264 e. The summed E-state index contributed by atoms with van der Waals surface area (Å²) in [6, 6.07) is 0. The highest BCUT2D eigenvalue weighted by Crippen LogP contribution is 2.41.